The summed E-state index contributed by atoms with van der Waals surface area (Å²) in [5.41, 5.74) is 0. The molecule has 0 unspecified atom stereocenters. The molecule has 0 atom stereocenters. The van der Waals surface area contributed by atoms with Gasteiger partial charge in [-0.2, -0.15) is 0 Å². The maximum Gasteiger partial charge on any atom is 0.227 e. The molecule has 0 aromatic carbocycles. The lowest BCUT2D eigenvalue weighted by atomic mass is 10.6. The number of nitrogens with zero attached hydrogens (tertiary/aromatic N) is 2. The summed E-state index contributed by atoms with van der Waals surface area (Å²) in [6.07, 6.45) is 4.75. The van der Waals surface area contributed by atoms with Crippen LogP contribution in [0.4, 0.5) is 0 Å². The minimum Gasteiger partial charge on any atom is -0.492 e. The Labute approximate surface area is 57.2 Å². The van der Waals surface area contributed by atoms with E-state index in [1.54, 1.807) is 6.20 Å². The second-order valence-electron chi connectivity index (χ2n) is 1.41. The van der Waals surface area contributed by atoms with Crippen LogP contribution in [0.25, 0.3) is 0 Å². The van der Waals surface area contributed by atoms with E-state index in [-0.39, 0.29) is 5.88 Å². The van der Waals surface area contributed by atoms with Crippen LogP contribution in [0, 0.1) is 0 Å². The van der Waals surface area contributed by atoms with E-state index in [4.69, 9.17) is 5.11 Å². The highest BCUT2D eigenvalue weighted by molar-refractivity contribution is 7.98. The van der Waals surface area contributed by atoms with Crippen LogP contribution in [0.15, 0.2) is 17.4 Å². The molecular weight excluding hydrogens is 136 g/mol. The Hall–Kier alpha value is -0.770. The molecular formula is C5H6N2OS. The first-order valence-electron chi connectivity index (χ1n) is 2.37. The monoisotopic (exact) mass is 142 g/mol. The number of aromatic nitrogens is 2. The quantitative estimate of drug-likeness (QED) is 0.592. The molecule has 0 fully saturated rings. The molecule has 4 heteroatoms. The van der Waals surface area contributed by atoms with Crippen molar-refractivity contribution in [2.75, 3.05) is 6.26 Å². The van der Waals surface area contributed by atoms with Gasteiger partial charge in [0.05, 0.1) is 4.90 Å². The standard InChI is InChI=1S/C5H6N2OS/c1-9-4-2-6-3-7-5(4)8/h2-3H,1H3,(H,6,7,8). The van der Waals surface area contributed by atoms with E-state index in [2.05, 4.69) is 9.97 Å². The van der Waals surface area contributed by atoms with Crippen molar-refractivity contribution in [3.8, 4) is 5.88 Å². The maximum absolute atomic E-state index is 8.94. The molecule has 0 radical (unpaired) electrons. The van der Waals surface area contributed by atoms with E-state index < -0.39 is 0 Å². The Morgan fingerprint density at radius 3 is 2.89 bits per heavy atom. The fraction of sp³-hybridized carbons (Fsp3) is 0.200. The largest absolute Gasteiger partial charge is 0.492 e. The Kier molecular flexibility index (Phi) is 1.89. The topological polar surface area (TPSA) is 46.0 Å². The molecule has 1 N–H and O–H groups in total. The molecule has 0 aliphatic carbocycles. The van der Waals surface area contributed by atoms with Gasteiger partial charge in [0.2, 0.25) is 5.88 Å². The molecule has 48 valence electrons. The number of hydrogen-bond donors (Lipinski definition) is 1. The second kappa shape index (κ2) is 2.68. The van der Waals surface area contributed by atoms with E-state index in [1.165, 1.54) is 18.1 Å². The second-order valence-corrected chi connectivity index (χ2v) is 2.26. The molecule has 1 heterocycles. The number of aromatic hydroxyl groups is 1. The third kappa shape index (κ3) is 1.32. The van der Waals surface area contributed by atoms with Crippen molar-refractivity contribution >= 4 is 11.8 Å². The van der Waals surface area contributed by atoms with Crippen LogP contribution in [-0.2, 0) is 0 Å². The van der Waals surface area contributed by atoms with Gasteiger partial charge in [0.1, 0.15) is 6.33 Å². The van der Waals surface area contributed by atoms with Crippen LogP contribution in [0.2, 0.25) is 0 Å². The molecule has 0 aliphatic rings. The fourth-order valence-corrected chi connectivity index (χ4v) is 0.856. The Balaban J connectivity index is 3.01. The van der Waals surface area contributed by atoms with Gasteiger partial charge in [-0.25, -0.2) is 9.97 Å². The van der Waals surface area contributed by atoms with E-state index in [1.807, 2.05) is 6.26 Å². The third-order valence-electron chi connectivity index (χ3n) is 0.879. The zero-order valence-corrected chi connectivity index (χ0v) is 5.72. The third-order valence-corrected chi connectivity index (χ3v) is 1.61. The van der Waals surface area contributed by atoms with Gasteiger partial charge >= 0.3 is 0 Å². The summed E-state index contributed by atoms with van der Waals surface area (Å²) >= 11 is 1.42. The molecule has 0 amide bonds. The van der Waals surface area contributed by atoms with Gasteiger partial charge in [-0.05, 0) is 6.26 Å². The van der Waals surface area contributed by atoms with E-state index in [9.17, 15) is 0 Å². The van der Waals surface area contributed by atoms with Crippen LogP contribution in [-0.4, -0.2) is 21.3 Å². The summed E-state index contributed by atoms with van der Waals surface area (Å²) < 4.78 is 0. The molecule has 0 spiro atoms. The van der Waals surface area contributed by atoms with Gasteiger partial charge in [0.15, 0.2) is 0 Å². The van der Waals surface area contributed by atoms with E-state index in [0.29, 0.717) is 4.90 Å². The number of rotatable bonds is 1. The van der Waals surface area contributed by atoms with Crippen LogP contribution in [0.3, 0.4) is 0 Å². The lowest BCUT2D eigenvalue weighted by Gasteiger charge is -1.94. The minimum absolute atomic E-state index is 0.0532. The number of hydrogen-bond acceptors (Lipinski definition) is 4. The SMILES string of the molecule is CSc1cncnc1O. The number of thioether (sulfide) groups is 1. The van der Waals surface area contributed by atoms with Gasteiger partial charge in [-0.1, -0.05) is 0 Å². The summed E-state index contributed by atoms with van der Waals surface area (Å²) in [4.78, 5) is 8.00. The molecule has 1 aromatic rings. The lowest BCUT2D eigenvalue weighted by Crippen LogP contribution is -1.79. The first-order chi connectivity index (χ1) is 4.34. The predicted molar refractivity (Wildman–Crippen MR) is 35.5 cm³/mol. The summed E-state index contributed by atoms with van der Waals surface area (Å²) in [5.74, 6) is 0.0532. The van der Waals surface area contributed by atoms with Crippen LogP contribution < -0.4 is 0 Å². The van der Waals surface area contributed by atoms with Crippen LogP contribution >= 0.6 is 11.8 Å². The van der Waals surface area contributed by atoms with Crippen molar-refractivity contribution < 1.29 is 5.11 Å². The Bertz CT molecular complexity index is 204. The van der Waals surface area contributed by atoms with Gasteiger partial charge in [-0.15, -0.1) is 11.8 Å². The molecule has 1 rings (SSSR count). The first kappa shape index (κ1) is 6.35. The minimum atomic E-state index is 0.0532. The van der Waals surface area contributed by atoms with Gasteiger partial charge in [0, 0.05) is 6.20 Å². The summed E-state index contributed by atoms with van der Waals surface area (Å²) in [6.45, 7) is 0. The van der Waals surface area contributed by atoms with Crippen molar-refractivity contribution in [2.24, 2.45) is 0 Å². The molecule has 3 nitrogen and oxygen atoms in total. The molecule has 0 aliphatic heterocycles. The van der Waals surface area contributed by atoms with Crippen molar-refractivity contribution in [3.05, 3.63) is 12.5 Å². The molecule has 0 bridgehead atoms. The molecule has 1 aromatic heterocycles. The van der Waals surface area contributed by atoms with E-state index >= 15 is 0 Å². The molecule has 0 saturated heterocycles. The highest BCUT2D eigenvalue weighted by Gasteiger charge is 1.96. The fourth-order valence-electron chi connectivity index (χ4n) is 0.454. The summed E-state index contributed by atoms with van der Waals surface area (Å²) in [6, 6.07) is 0. The van der Waals surface area contributed by atoms with Crippen molar-refractivity contribution in [2.45, 2.75) is 4.90 Å². The summed E-state index contributed by atoms with van der Waals surface area (Å²) in [5, 5.41) is 8.94. The normalized spacial score (nSPS) is 9.44. The zero-order valence-electron chi connectivity index (χ0n) is 4.90. The van der Waals surface area contributed by atoms with E-state index in [0.717, 1.165) is 0 Å². The smallest absolute Gasteiger partial charge is 0.227 e. The van der Waals surface area contributed by atoms with Gasteiger partial charge in [-0.3, -0.25) is 0 Å². The van der Waals surface area contributed by atoms with Gasteiger partial charge in [0.25, 0.3) is 0 Å². The Morgan fingerprint density at radius 1 is 1.67 bits per heavy atom. The average molecular weight is 142 g/mol. The first-order valence-corrected chi connectivity index (χ1v) is 3.60. The van der Waals surface area contributed by atoms with Crippen molar-refractivity contribution in [3.63, 3.8) is 0 Å². The van der Waals surface area contributed by atoms with Crippen LogP contribution in [0.1, 0.15) is 0 Å². The van der Waals surface area contributed by atoms with Crippen molar-refractivity contribution in [1.29, 1.82) is 0 Å². The van der Waals surface area contributed by atoms with Crippen LogP contribution in [0.5, 0.6) is 5.88 Å². The predicted octanol–water partition coefficient (Wildman–Crippen LogP) is 0.904. The highest BCUT2D eigenvalue weighted by Crippen LogP contribution is 2.20. The highest BCUT2D eigenvalue weighted by atomic mass is 32.2. The molecule has 0 saturated carbocycles. The van der Waals surface area contributed by atoms with Gasteiger partial charge < -0.3 is 5.11 Å². The lowest BCUT2D eigenvalue weighted by molar-refractivity contribution is 0.437. The summed E-state index contributed by atoms with van der Waals surface area (Å²) in [7, 11) is 0. The Morgan fingerprint density at radius 2 is 2.44 bits per heavy atom. The molecule has 9 heavy (non-hydrogen) atoms. The average Bonchev–Trinajstić information content (AvgIpc) is 1.89. The maximum atomic E-state index is 8.94. The zero-order chi connectivity index (χ0) is 6.69. The van der Waals surface area contributed by atoms with Crippen molar-refractivity contribution in [1.82, 2.24) is 9.97 Å².